The summed E-state index contributed by atoms with van der Waals surface area (Å²) in [6, 6.07) is 20.3. The Morgan fingerprint density at radius 2 is 1.47 bits per heavy atom. The van der Waals surface area contributed by atoms with E-state index in [-0.39, 0.29) is 23.4 Å². The molecule has 2 amide bonds. The molecule has 1 N–H and O–H groups in total. The number of nitrogens with one attached hydrogen (secondary N) is 1. The molecule has 1 fully saturated rings. The van der Waals surface area contributed by atoms with Crippen LogP contribution in [-0.4, -0.2) is 50.9 Å². The van der Waals surface area contributed by atoms with Crippen LogP contribution in [0.25, 0.3) is 0 Å². The minimum atomic E-state index is -4.14. The number of aryl methyl sites for hydroxylation is 2. The number of ether oxygens (including phenoxy) is 1. The Morgan fingerprint density at radius 1 is 0.884 bits per heavy atom. The zero-order valence-electron chi connectivity index (χ0n) is 25.6. The third kappa shape index (κ3) is 8.16. The topological polar surface area (TPSA) is 96.0 Å². The molecule has 9 heteroatoms. The van der Waals surface area contributed by atoms with Crippen molar-refractivity contribution in [1.82, 2.24) is 10.2 Å². The van der Waals surface area contributed by atoms with E-state index in [1.807, 2.05) is 57.2 Å². The van der Waals surface area contributed by atoms with E-state index in [9.17, 15) is 18.0 Å². The number of benzene rings is 3. The molecule has 1 saturated carbocycles. The van der Waals surface area contributed by atoms with Crippen molar-refractivity contribution < 1.29 is 22.7 Å². The predicted octanol–water partition coefficient (Wildman–Crippen LogP) is 5.76. The third-order valence-corrected chi connectivity index (χ3v) is 9.85. The van der Waals surface area contributed by atoms with Crippen LogP contribution in [0.4, 0.5) is 5.69 Å². The number of anilines is 1. The van der Waals surface area contributed by atoms with Gasteiger partial charge in [-0.25, -0.2) is 8.42 Å². The molecule has 230 valence electrons. The molecule has 3 aromatic carbocycles. The average Bonchev–Trinajstić information content (AvgIpc) is 3.01. The number of methoxy groups -OCH3 is 1. The second-order valence-corrected chi connectivity index (χ2v) is 13.2. The maximum atomic E-state index is 14.3. The lowest BCUT2D eigenvalue weighted by atomic mass is 9.95. The number of rotatable bonds is 12. The second kappa shape index (κ2) is 14.6. The van der Waals surface area contributed by atoms with E-state index < -0.39 is 28.5 Å². The van der Waals surface area contributed by atoms with Crippen LogP contribution in [0.1, 0.15) is 62.1 Å². The number of sulfonamides is 1. The molecule has 0 aliphatic heterocycles. The van der Waals surface area contributed by atoms with Crippen molar-refractivity contribution in [2.75, 3.05) is 18.0 Å². The minimum Gasteiger partial charge on any atom is -0.497 e. The van der Waals surface area contributed by atoms with Crippen molar-refractivity contribution in [2.24, 2.45) is 0 Å². The van der Waals surface area contributed by atoms with E-state index >= 15 is 0 Å². The minimum absolute atomic E-state index is 0.0360. The van der Waals surface area contributed by atoms with Crippen molar-refractivity contribution in [1.29, 1.82) is 0 Å². The molecule has 8 nitrogen and oxygen atoms in total. The SMILES string of the molecule is CCC(C(=O)NC1CCCCC1)N(Cc1ccc(C)cc1)C(=O)CN(c1ccc(C)cc1)S(=O)(=O)c1ccc(OC)cc1. The first-order valence-electron chi connectivity index (χ1n) is 15.0. The number of hydrogen-bond donors (Lipinski definition) is 1. The molecule has 0 bridgehead atoms. The summed E-state index contributed by atoms with van der Waals surface area (Å²) in [5, 5.41) is 3.18. The molecular weight excluding hydrogens is 562 g/mol. The predicted molar refractivity (Wildman–Crippen MR) is 170 cm³/mol. The highest BCUT2D eigenvalue weighted by atomic mass is 32.2. The Hall–Kier alpha value is -3.85. The Bertz CT molecular complexity index is 1470. The van der Waals surface area contributed by atoms with Gasteiger partial charge < -0.3 is 15.0 Å². The summed E-state index contributed by atoms with van der Waals surface area (Å²) < 4.78 is 34.4. The number of hydrogen-bond acceptors (Lipinski definition) is 5. The highest BCUT2D eigenvalue weighted by Crippen LogP contribution is 2.27. The van der Waals surface area contributed by atoms with E-state index in [1.165, 1.54) is 30.6 Å². The number of amides is 2. The van der Waals surface area contributed by atoms with Crippen LogP contribution >= 0.6 is 0 Å². The van der Waals surface area contributed by atoms with Crippen molar-refractivity contribution in [3.05, 3.63) is 89.5 Å². The molecule has 4 rings (SSSR count). The molecule has 0 spiro atoms. The summed E-state index contributed by atoms with van der Waals surface area (Å²) in [4.78, 5) is 29.5. The van der Waals surface area contributed by atoms with Gasteiger partial charge in [0.25, 0.3) is 10.0 Å². The molecule has 1 unspecified atom stereocenters. The van der Waals surface area contributed by atoms with Gasteiger partial charge in [0.2, 0.25) is 11.8 Å². The van der Waals surface area contributed by atoms with Gasteiger partial charge >= 0.3 is 0 Å². The standard InChI is InChI=1S/C34H43N3O5S/c1-5-32(34(39)35-28-9-7-6-8-10-28)36(23-27-15-11-25(2)12-16-27)33(38)24-37(29-17-13-26(3)14-18-29)43(40,41)31-21-19-30(42-4)20-22-31/h11-22,28,32H,5-10,23-24H2,1-4H3,(H,35,39). The van der Waals surface area contributed by atoms with Crippen molar-refractivity contribution in [3.63, 3.8) is 0 Å². The lowest BCUT2D eigenvalue weighted by molar-refractivity contribution is -0.140. The number of nitrogens with zero attached hydrogens (tertiary/aromatic N) is 2. The highest BCUT2D eigenvalue weighted by Gasteiger charge is 2.34. The van der Waals surface area contributed by atoms with Crippen LogP contribution in [0.5, 0.6) is 5.75 Å². The van der Waals surface area contributed by atoms with E-state index in [0.717, 1.165) is 46.7 Å². The first-order chi connectivity index (χ1) is 20.6. The summed E-state index contributed by atoms with van der Waals surface area (Å²) in [7, 11) is -2.63. The molecule has 0 radical (unpaired) electrons. The summed E-state index contributed by atoms with van der Waals surface area (Å²) in [5.41, 5.74) is 3.27. The largest absolute Gasteiger partial charge is 0.497 e. The molecule has 43 heavy (non-hydrogen) atoms. The molecule has 0 aromatic heterocycles. The quantitative estimate of drug-likeness (QED) is 0.283. The Balaban J connectivity index is 1.69. The molecule has 0 saturated heterocycles. The molecule has 1 aliphatic rings. The van der Waals surface area contributed by atoms with Crippen LogP contribution in [-0.2, 0) is 26.2 Å². The zero-order chi connectivity index (χ0) is 31.0. The van der Waals surface area contributed by atoms with E-state index in [2.05, 4.69) is 5.32 Å². The van der Waals surface area contributed by atoms with E-state index in [0.29, 0.717) is 17.9 Å². The van der Waals surface area contributed by atoms with Gasteiger partial charge in [-0.3, -0.25) is 13.9 Å². The smallest absolute Gasteiger partial charge is 0.264 e. The zero-order valence-corrected chi connectivity index (χ0v) is 26.4. The summed E-state index contributed by atoms with van der Waals surface area (Å²) in [5.74, 6) is -0.130. The van der Waals surface area contributed by atoms with Gasteiger partial charge in [0.15, 0.2) is 0 Å². The first-order valence-corrected chi connectivity index (χ1v) is 16.4. The van der Waals surface area contributed by atoms with Crippen LogP contribution in [0.3, 0.4) is 0 Å². The summed E-state index contributed by atoms with van der Waals surface area (Å²) in [6.07, 6.45) is 5.56. The van der Waals surface area contributed by atoms with Gasteiger partial charge in [0, 0.05) is 12.6 Å². The molecule has 1 aliphatic carbocycles. The summed E-state index contributed by atoms with van der Waals surface area (Å²) >= 11 is 0. The van der Waals surface area contributed by atoms with Crippen LogP contribution in [0.2, 0.25) is 0 Å². The monoisotopic (exact) mass is 605 g/mol. The van der Waals surface area contributed by atoms with Crippen LogP contribution < -0.4 is 14.4 Å². The van der Waals surface area contributed by atoms with E-state index in [1.54, 1.807) is 24.3 Å². The fourth-order valence-corrected chi connectivity index (χ4v) is 6.88. The van der Waals surface area contributed by atoms with Gasteiger partial charge in [0.05, 0.1) is 17.7 Å². The van der Waals surface area contributed by atoms with E-state index in [4.69, 9.17) is 4.74 Å². The number of carbonyl (C=O) groups excluding carboxylic acids is 2. The highest BCUT2D eigenvalue weighted by molar-refractivity contribution is 7.92. The molecule has 3 aromatic rings. The fourth-order valence-electron chi connectivity index (χ4n) is 5.47. The molecule has 1 atom stereocenters. The molecular formula is C34H43N3O5S. The normalized spacial score (nSPS) is 14.5. The third-order valence-electron chi connectivity index (χ3n) is 8.06. The Morgan fingerprint density at radius 3 is 2.02 bits per heavy atom. The lowest BCUT2D eigenvalue weighted by Gasteiger charge is -2.34. The van der Waals surface area contributed by atoms with Gasteiger partial charge in [-0.1, -0.05) is 73.7 Å². The maximum Gasteiger partial charge on any atom is 0.264 e. The summed E-state index contributed by atoms with van der Waals surface area (Å²) in [6.45, 7) is 5.50. The average molecular weight is 606 g/mol. The van der Waals surface area contributed by atoms with Gasteiger partial charge in [0.1, 0.15) is 18.3 Å². The maximum absolute atomic E-state index is 14.3. The Kier molecular flexibility index (Phi) is 10.9. The lowest BCUT2D eigenvalue weighted by Crippen LogP contribution is -2.54. The Labute approximate surface area is 256 Å². The van der Waals surface area contributed by atoms with Crippen LogP contribution in [0, 0.1) is 13.8 Å². The van der Waals surface area contributed by atoms with Crippen LogP contribution in [0.15, 0.2) is 77.7 Å². The fraction of sp³-hybridized carbons (Fsp3) is 0.412. The first kappa shape index (κ1) is 32.1. The van der Waals surface area contributed by atoms with Gasteiger partial charge in [-0.05, 0) is 75.1 Å². The van der Waals surface area contributed by atoms with Crippen molar-refractivity contribution >= 4 is 27.5 Å². The van der Waals surface area contributed by atoms with Crippen molar-refractivity contribution in [3.8, 4) is 5.75 Å². The van der Waals surface area contributed by atoms with Gasteiger partial charge in [-0.2, -0.15) is 0 Å². The van der Waals surface area contributed by atoms with Crippen molar-refractivity contribution in [2.45, 2.75) is 82.8 Å². The number of carbonyl (C=O) groups is 2. The van der Waals surface area contributed by atoms with Gasteiger partial charge in [-0.15, -0.1) is 0 Å². The second-order valence-electron chi connectivity index (χ2n) is 11.3. The molecule has 0 heterocycles.